The number of carbonyl (C=O) groups excluding carboxylic acids is 1. The molecule has 0 unspecified atom stereocenters. The first kappa shape index (κ1) is 24.5. The van der Waals surface area contributed by atoms with Crippen LogP contribution in [0.4, 0.5) is 0 Å². The molecule has 2 aromatic carbocycles. The van der Waals surface area contributed by atoms with E-state index in [9.17, 15) is 4.79 Å². The van der Waals surface area contributed by atoms with Gasteiger partial charge in [0.15, 0.2) is 5.78 Å². The molecule has 0 atom stereocenters. The zero-order valence-electron chi connectivity index (χ0n) is 19.4. The molecular weight excluding hydrogens is 388 g/mol. The van der Waals surface area contributed by atoms with Gasteiger partial charge in [-0.25, -0.2) is 0 Å². The molecule has 0 heterocycles. The van der Waals surface area contributed by atoms with Crippen LogP contribution in [0.5, 0.6) is 17.2 Å². The van der Waals surface area contributed by atoms with Crippen molar-refractivity contribution in [3.8, 4) is 17.2 Å². The number of hydrogen-bond acceptors (Lipinski definition) is 4. The number of rotatable bonds is 14. The van der Waals surface area contributed by atoms with Crippen LogP contribution in [0.3, 0.4) is 0 Å². The first-order chi connectivity index (χ1) is 15.1. The van der Waals surface area contributed by atoms with Crippen molar-refractivity contribution in [1.29, 1.82) is 0 Å². The second-order valence-electron chi connectivity index (χ2n) is 7.57. The molecule has 0 aliphatic carbocycles. The Morgan fingerprint density at radius 1 is 0.871 bits per heavy atom. The fourth-order valence-electron chi connectivity index (χ4n) is 3.20. The molecule has 4 heteroatoms. The Kier molecular flexibility index (Phi) is 10.7. The van der Waals surface area contributed by atoms with Gasteiger partial charge in [-0.2, -0.15) is 0 Å². The molecule has 2 aromatic rings. The predicted molar refractivity (Wildman–Crippen MR) is 128 cm³/mol. The van der Waals surface area contributed by atoms with Crippen molar-refractivity contribution in [3.63, 3.8) is 0 Å². The van der Waals surface area contributed by atoms with Gasteiger partial charge in [0.25, 0.3) is 0 Å². The van der Waals surface area contributed by atoms with Crippen LogP contribution in [0.1, 0.15) is 74.4 Å². The lowest BCUT2D eigenvalue weighted by Gasteiger charge is -2.16. The lowest BCUT2D eigenvalue weighted by molar-refractivity contribution is 0.104. The van der Waals surface area contributed by atoms with E-state index in [2.05, 4.69) is 20.8 Å². The predicted octanol–water partition coefficient (Wildman–Crippen LogP) is 6.90. The fraction of sp³-hybridized carbons (Fsp3) is 0.444. The Morgan fingerprint density at radius 3 is 2.16 bits per heavy atom. The summed E-state index contributed by atoms with van der Waals surface area (Å²) in [5.74, 6) is 2.34. The molecule has 4 nitrogen and oxygen atoms in total. The molecule has 0 amide bonds. The van der Waals surface area contributed by atoms with Crippen molar-refractivity contribution in [3.05, 3.63) is 59.2 Å². The van der Waals surface area contributed by atoms with Crippen molar-refractivity contribution in [2.75, 3.05) is 20.3 Å². The van der Waals surface area contributed by atoms with Crippen LogP contribution < -0.4 is 14.2 Å². The first-order valence-corrected chi connectivity index (χ1v) is 11.4. The smallest absolute Gasteiger partial charge is 0.185 e. The van der Waals surface area contributed by atoms with Crippen molar-refractivity contribution in [1.82, 2.24) is 0 Å². The van der Waals surface area contributed by atoms with E-state index >= 15 is 0 Å². The van der Waals surface area contributed by atoms with E-state index in [0.717, 1.165) is 66.9 Å². The third-order valence-electron chi connectivity index (χ3n) is 5.03. The summed E-state index contributed by atoms with van der Waals surface area (Å²) < 4.78 is 17.3. The molecule has 0 radical (unpaired) electrons. The third kappa shape index (κ3) is 7.78. The highest BCUT2D eigenvalue weighted by Gasteiger charge is 2.12. The molecular formula is C27H36O4. The first-order valence-electron chi connectivity index (χ1n) is 11.4. The maximum Gasteiger partial charge on any atom is 0.185 e. The fourth-order valence-corrected chi connectivity index (χ4v) is 3.20. The topological polar surface area (TPSA) is 44.8 Å². The zero-order chi connectivity index (χ0) is 22.5. The van der Waals surface area contributed by atoms with E-state index < -0.39 is 0 Å². The van der Waals surface area contributed by atoms with Gasteiger partial charge in [0.2, 0.25) is 0 Å². The molecule has 0 N–H and O–H groups in total. The number of hydrogen-bond donors (Lipinski definition) is 0. The number of ketones is 1. The minimum Gasteiger partial charge on any atom is -0.497 e. The third-order valence-corrected chi connectivity index (χ3v) is 5.03. The minimum absolute atomic E-state index is 0.0455. The summed E-state index contributed by atoms with van der Waals surface area (Å²) in [6.45, 7) is 7.80. The van der Waals surface area contributed by atoms with Gasteiger partial charge in [-0.05, 0) is 61.2 Å². The standard InChI is InChI=1S/C27H36O4/c1-5-8-17-30-24-19-22(25(10-7-3)27(20-24)31-18-9-6-2)13-16-26(28)21-11-14-23(29-4)15-12-21/h11-16,19-20H,5-10,17-18H2,1-4H3/b16-13+. The van der Waals surface area contributed by atoms with Gasteiger partial charge in [0.05, 0.1) is 20.3 Å². The summed E-state index contributed by atoms with van der Waals surface area (Å²) in [6, 6.07) is 11.2. The minimum atomic E-state index is -0.0455. The molecule has 0 aromatic heterocycles. The molecule has 168 valence electrons. The van der Waals surface area contributed by atoms with E-state index in [-0.39, 0.29) is 5.78 Å². The van der Waals surface area contributed by atoms with Gasteiger partial charge in [0.1, 0.15) is 17.2 Å². The van der Waals surface area contributed by atoms with E-state index in [1.807, 2.05) is 18.2 Å². The highest BCUT2D eigenvalue weighted by Crippen LogP contribution is 2.32. The van der Waals surface area contributed by atoms with E-state index in [1.165, 1.54) is 0 Å². The van der Waals surface area contributed by atoms with Crippen LogP contribution in [0.2, 0.25) is 0 Å². The summed E-state index contributed by atoms with van der Waals surface area (Å²) in [5, 5.41) is 0. The van der Waals surface area contributed by atoms with Crippen molar-refractivity contribution in [2.24, 2.45) is 0 Å². The van der Waals surface area contributed by atoms with Crippen LogP contribution in [0.25, 0.3) is 6.08 Å². The number of benzene rings is 2. The van der Waals surface area contributed by atoms with E-state index in [4.69, 9.17) is 14.2 Å². The number of allylic oxidation sites excluding steroid dienone is 1. The Hall–Kier alpha value is -2.75. The Balaban J connectivity index is 2.33. The van der Waals surface area contributed by atoms with Gasteiger partial charge in [-0.15, -0.1) is 0 Å². The average molecular weight is 425 g/mol. The molecule has 0 aliphatic rings. The van der Waals surface area contributed by atoms with Crippen molar-refractivity contribution >= 4 is 11.9 Å². The quantitative estimate of drug-likeness (QED) is 0.188. The second kappa shape index (κ2) is 13.5. The monoisotopic (exact) mass is 424 g/mol. The second-order valence-corrected chi connectivity index (χ2v) is 7.57. The summed E-state index contributed by atoms with van der Waals surface area (Å²) in [7, 11) is 1.61. The Labute approximate surface area is 187 Å². The molecule has 31 heavy (non-hydrogen) atoms. The number of carbonyl (C=O) groups is 1. The normalized spacial score (nSPS) is 11.0. The number of methoxy groups -OCH3 is 1. The molecule has 0 bridgehead atoms. The van der Waals surface area contributed by atoms with Gasteiger partial charge in [0, 0.05) is 17.2 Å². The maximum absolute atomic E-state index is 12.7. The molecule has 2 rings (SSSR count). The van der Waals surface area contributed by atoms with Gasteiger partial charge in [-0.3, -0.25) is 4.79 Å². The van der Waals surface area contributed by atoms with Gasteiger partial charge in [-0.1, -0.05) is 46.1 Å². The summed E-state index contributed by atoms with van der Waals surface area (Å²) in [6.07, 6.45) is 9.56. The van der Waals surface area contributed by atoms with Gasteiger partial charge < -0.3 is 14.2 Å². The Morgan fingerprint density at radius 2 is 1.55 bits per heavy atom. The highest BCUT2D eigenvalue weighted by atomic mass is 16.5. The molecule has 0 fully saturated rings. The number of unbranched alkanes of at least 4 members (excludes halogenated alkanes) is 2. The van der Waals surface area contributed by atoms with Crippen LogP contribution in [-0.2, 0) is 6.42 Å². The number of ether oxygens (including phenoxy) is 3. The van der Waals surface area contributed by atoms with Crippen LogP contribution in [0.15, 0.2) is 42.5 Å². The molecule has 0 spiro atoms. The van der Waals surface area contributed by atoms with Crippen LogP contribution in [-0.4, -0.2) is 26.1 Å². The largest absolute Gasteiger partial charge is 0.497 e. The van der Waals surface area contributed by atoms with Crippen LogP contribution >= 0.6 is 0 Å². The molecule has 0 saturated heterocycles. The average Bonchev–Trinajstić information content (AvgIpc) is 2.79. The van der Waals surface area contributed by atoms with Crippen molar-refractivity contribution in [2.45, 2.75) is 59.3 Å². The van der Waals surface area contributed by atoms with Crippen LogP contribution in [0, 0.1) is 0 Å². The Bertz CT molecular complexity index is 837. The van der Waals surface area contributed by atoms with E-state index in [0.29, 0.717) is 18.8 Å². The summed E-state index contributed by atoms with van der Waals surface area (Å²) in [5.41, 5.74) is 2.73. The maximum atomic E-state index is 12.7. The van der Waals surface area contributed by atoms with Gasteiger partial charge >= 0.3 is 0 Å². The zero-order valence-corrected chi connectivity index (χ0v) is 19.4. The summed E-state index contributed by atoms with van der Waals surface area (Å²) >= 11 is 0. The SMILES string of the molecule is CCCCOc1cc(/C=C/C(=O)c2ccc(OC)cc2)c(CCC)c(OCCCC)c1. The molecule has 0 saturated carbocycles. The molecule has 0 aliphatic heterocycles. The lowest BCUT2D eigenvalue weighted by atomic mass is 9.99. The van der Waals surface area contributed by atoms with E-state index in [1.54, 1.807) is 37.5 Å². The highest BCUT2D eigenvalue weighted by molar-refractivity contribution is 6.07. The summed E-state index contributed by atoms with van der Waals surface area (Å²) in [4.78, 5) is 12.7. The lowest BCUT2D eigenvalue weighted by Crippen LogP contribution is -2.04. The van der Waals surface area contributed by atoms with Crippen molar-refractivity contribution < 1.29 is 19.0 Å².